The molecule has 16 N–H and O–H groups in total. The Morgan fingerprint density at radius 2 is 0.699 bits per heavy atom. The van der Waals surface area contributed by atoms with Gasteiger partial charge in [0.15, 0.2) is 45.8 Å². The number of nitrogens with one attached hydrogen (secondary N) is 10. The average Bonchev–Trinajstić information content (AvgIpc) is 0.831. The second-order valence-corrected chi connectivity index (χ2v) is 40.0. The highest BCUT2D eigenvalue weighted by Gasteiger charge is 2.32. The quantitative estimate of drug-likeness (QED) is 0.0127. The molecule has 0 saturated heterocycles. The van der Waals surface area contributed by atoms with E-state index in [-0.39, 0.29) is 116 Å². The highest BCUT2D eigenvalue weighted by molar-refractivity contribution is 6.31. The van der Waals surface area contributed by atoms with Crippen molar-refractivity contribution in [3.8, 4) is 5.75 Å². The first-order valence-corrected chi connectivity index (χ1v) is 48.0. The van der Waals surface area contributed by atoms with Crippen LogP contribution in [-0.2, 0) is 63.6 Å². The Morgan fingerprint density at radius 1 is 0.383 bits per heavy atom. The maximum atomic E-state index is 14.2. The number of alkyl carbamates (subject to hydrolysis) is 6. The maximum Gasteiger partial charge on any atom is 0.408 e. The number of halogens is 1. The third kappa shape index (κ3) is 59.3. The summed E-state index contributed by atoms with van der Waals surface area (Å²) in [5.41, 5.74) is 13.3. The molecule has 1 heterocycles. The highest BCUT2D eigenvalue weighted by Crippen LogP contribution is 2.23. The van der Waals surface area contributed by atoms with Crippen LogP contribution in [0.25, 0.3) is 0 Å². The summed E-state index contributed by atoms with van der Waals surface area (Å²) >= 11 is 5.93. The molecule has 756 valence electrons. The van der Waals surface area contributed by atoms with Crippen molar-refractivity contribution < 1.29 is 95.5 Å². The minimum absolute atomic E-state index is 0.0854. The molecule has 0 bridgehead atoms. The van der Waals surface area contributed by atoms with Gasteiger partial charge in [0.05, 0.1) is 18.1 Å². The summed E-state index contributed by atoms with van der Waals surface area (Å²) in [7, 11) is 0. The summed E-state index contributed by atoms with van der Waals surface area (Å²) in [4.78, 5) is 188. The number of nitrogen functional groups attached to an aromatic ring is 2. The van der Waals surface area contributed by atoms with Crippen molar-refractivity contribution in [2.75, 3.05) is 63.9 Å². The lowest BCUT2D eigenvalue weighted by molar-refractivity contribution is -0.124. The van der Waals surface area contributed by atoms with Gasteiger partial charge in [-0.05, 0) is 258 Å². The molecule has 0 saturated carbocycles. The number of nitrogens with two attached hydrogens (primary N) is 3. The van der Waals surface area contributed by atoms with Crippen molar-refractivity contribution in [2.45, 2.75) is 407 Å². The van der Waals surface area contributed by atoms with Gasteiger partial charge in [-0.3, -0.25) is 48.8 Å². The molecule has 0 radical (unpaired) electrons. The first kappa shape index (κ1) is 119. The minimum atomic E-state index is -1.02. The molecule has 0 aliphatic rings. The number of carbonyl (C=O) groups excluding carboxylic acids is 13. The van der Waals surface area contributed by atoms with Crippen molar-refractivity contribution in [3.63, 3.8) is 0 Å². The van der Waals surface area contributed by atoms with Crippen molar-refractivity contribution in [1.82, 2.24) is 68.0 Å². The second-order valence-electron chi connectivity index (χ2n) is 39.6. The fourth-order valence-corrected chi connectivity index (χ4v) is 13.7. The molecule has 1 aromatic heterocycles. The SMILES string of the molecule is CCCCC[C@H](NC(=O)OC(C)(C)C)C(=O)CCCCC[C@H](NC(=O)OC(C)(C)C)C(=O)CCCCC[C@H](NC(=O)OC(C)(C)C)C(=O)NCCCN(CCCNC(=O)[C@H](CCCCCC(=O)[C@H](CCCCNC(=O)[C@H](CCCCC)NC(=O)OC(C)(C)C)NC(=O)OC(C)(C)C)NC(=O)OC(C)(C)C)CCOc1ccc(CCCCN=C(N)NC(=O)c2nc(Cl)c(N)nc2N)cc1. The van der Waals surface area contributed by atoms with Crippen LogP contribution in [0, 0.1) is 0 Å². The number of Topliss-reactive ketones (excluding diaryl/α,β-unsaturated/α-hetero) is 3. The number of ether oxygens (including phenoxy) is 7. The molecule has 1 aromatic carbocycles. The average molecular weight is 1900 g/mol. The Kier molecular flexibility index (Phi) is 55.2. The number of hydrogen-bond donors (Lipinski definition) is 13. The molecule has 6 atom stereocenters. The zero-order valence-corrected chi connectivity index (χ0v) is 84.2. The van der Waals surface area contributed by atoms with Gasteiger partial charge in [-0.25, -0.2) is 38.7 Å². The van der Waals surface area contributed by atoms with Crippen LogP contribution in [0.2, 0.25) is 5.15 Å². The number of aromatic nitrogens is 2. The molecule has 0 aliphatic carbocycles. The van der Waals surface area contributed by atoms with Crippen LogP contribution in [0.1, 0.15) is 347 Å². The number of nitrogens with zero attached hydrogens (tertiary/aromatic N) is 4. The van der Waals surface area contributed by atoms with Gasteiger partial charge in [0.25, 0.3) is 5.91 Å². The van der Waals surface area contributed by atoms with Crippen molar-refractivity contribution >= 4 is 107 Å². The summed E-state index contributed by atoms with van der Waals surface area (Å²) in [6.45, 7) is 37.7. The van der Waals surface area contributed by atoms with Crippen LogP contribution in [0.15, 0.2) is 29.3 Å². The van der Waals surface area contributed by atoms with E-state index in [1.165, 1.54) is 0 Å². The molecule has 0 unspecified atom stereocenters. The van der Waals surface area contributed by atoms with Gasteiger partial charge >= 0.3 is 36.6 Å². The van der Waals surface area contributed by atoms with E-state index < -0.39 is 124 Å². The number of guanidine groups is 1. The first-order chi connectivity index (χ1) is 62.1. The van der Waals surface area contributed by atoms with Gasteiger partial charge in [-0.1, -0.05) is 115 Å². The Bertz CT molecular complexity index is 3770. The van der Waals surface area contributed by atoms with Gasteiger partial charge in [0.1, 0.15) is 64.1 Å². The number of hydrogen-bond acceptors (Lipinski definition) is 26. The zero-order valence-electron chi connectivity index (χ0n) is 83.4. The second kappa shape index (κ2) is 61.8. The van der Waals surface area contributed by atoms with E-state index in [0.29, 0.717) is 148 Å². The van der Waals surface area contributed by atoms with Crippen LogP contribution in [0.3, 0.4) is 0 Å². The molecule has 0 aliphatic heterocycles. The third-order valence-electron chi connectivity index (χ3n) is 19.9. The van der Waals surface area contributed by atoms with Gasteiger partial charge < -0.3 is 98.2 Å². The Labute approximate surface area is 794 Å². The number of rotatable bonds is 61. The molecule has 2 rings (SSSR count). The van der Waals surface area contributed by atoms with Crippen LogP contribution in [-0.4, -0.2) is 221 Å². The molecular weight excluding hydrogens is 1730 g/mol. The number of amides is 10. The van der Waals surface area contributed by atoms with E-state index in [1.54, 1.807) is 125 Å². The molecule has 10 amide bonds. The normalized spacial score (nSPS) is 13.4. The van der Waals surface area contributed by atoms with E-state index in [4.69, 9.17) is 62.0 Å². The van der Waals surface area contributed by atoms with Gasteiger partial charge in [0.2, 0.25) is 17.7 Å². The number of unbranched alkanes of at least 4 members (excludes halogenated alkanes) is 12. The maximum absolute atomic E-state index is 14.2. The van der Waals surface area contributed by atoms with Crippen LogP contribution < -0.4 is 75.1 Å². The fraction of sp³-hybridized carbons (Fsp3) is 0.747. The fourth-order valence-electron chi connectivity index (χ4n) is 13.6. The lowest BCUT2D eigenvalue weighted by atomic mass is 9.97. The van der Waals surface area contributed by atoms with Crippen LogP contribution in [0.5, 0.6) is 5.75 Å². The van der Waals surface area contributed by atoms with Gasteiger partial charge in [0, 0.05) is 52.0 Å². The van der Waals surface area contributed by atoms with Gasteiger partial charge in [-0.15, -0.1) is 0 Å². The Morgan fingerprint density at radius 3 is 1.04 bits per heavy atom. The number of benzene rings is 1. The van der Waals surface area contributed by atoms with E-state index >= 15 is 0 Å². The lowest BCUT2D eigenvalue weighted by Gasteiger charge is -2.25. The number of aryl methyl sites for hydroxylation is 1. The van der Waals surface area contributed by atoms with Gasteiger partial charge in [-0.2, -0.15) is 0 Å². The largest absolute Gasteiger partial charge is 0.492 e. The summed E-state index contributed by atoms with van der Waals surface area (Å²) in [6, 6.07) is 2.37. The Balaban J connectivity index is 2.30. The number of carbonyl (C=O) groups is 13. The highest BCUT2D eigenvalue weighted by atomic mass is 35.5. The van der Waals surface area contributed by atoms with Crippen LogP contribution in [0.4, 0.5) is 40.4 Å². The smallest absolute Gasteiger partial charge is 0.408 e. The predicted octanol–water partition coefficient (Wildman–Crippen LogP) is 14.4. The standard InChI is InChI=1S/C95H164ClN17O20/c1-21-23-28-43-66(104-84(121)128-90(3,4)5)72(114)49-33-25-30-44-67(105-85(122)129-91(6,7)8)73(115)50-34-26-31-47-70(108-88(125)132-94(15,16)17)80(118)101-58-40-60-113(62-63-127-65-54-52-64(53-55-65)42-36-38-57-103-83(99)112-82(120)75-77(97)111-78(98)76(96)110-75)61-41-59-102-81(119)71(109-89(126)133-95(18,19)20)48-32-27-35-51-74(116)68(106-86(123)130-92(9,10)11)45-37-39-56-100-79(117)69(46-29-24-22-2)107-87(124)131-93(12,13)14/h52-55,66-71H,21-51,56-63H2,1-20H3,(H,100,117)(H,101,118)(H,102,119)(H,104,121)(H,105,122)(H,106,123)(H,107,124)(H,108,125)(H,109,126)(H4,97,98,111)(H3,99,103,112,120)/t66-,67-,68-,69-,70-,71-/m0/s1. The number of anilines is 2. The number of ketones is 3. The molecule has 38 heteroatoms. The Hall–Kier alpha value is -10.1. The van der Waals surface area contributed by atoms with E-state index in [0.717, 1.165) is 50.5 Å². The number of aliphatic imine (C=N–C) groups is 1. The summed E-state index contributed by atoms with van der Waals surface area (Å²) < 4.78 is 39.4. The predicted molar refractivity (Wildman–Crippen MR) is 515 cm³/mol. The van der Waals surface area contributed by atoms with E-state index in [9.17, 15) is 62.3 Å². The van der Waals surface area contributed by atoms with Crippen molar-refractivity contribution in [1.29, 1.82) is 0 Å². The molecule has 2 aromatic rings. The molecule has 0 spiro atoms. The minimum Gasteiger partial charge on any atom is -0.492 e. The van der Waals surface area contributed by atoms with E-state index in [2.05, 4.69) is 80.0 Å². The van der Waals surface area contributed by atoms with Crippen molar-refractivity contribution in [2.24, 2.45) is 10.7 Å². The molecular formula is C95H164ClN17O20. The van der Waals surface area contributed by atoms with Crippen LogP contribution >= 0.6 is 11.6 Å². The van der Waals surface area contributed by atoms with E-state index in [1.807, 2.05) is 31.2 Å². The molecule has 0 fully saturated rings. The first-order valence-electron chi connectivity index (χ1n) is 47.7. The monoisotopic (exact) mass is 1900 g/mol. The topological polar surface area (TPSA) is 526 Å². The summed E-state index contributed by atoms with van der Waals surface area (Å²) in [5, 5.41) is 27.6. The summed E-state index contributed by atoms with van der Waals surface area (Å²) in [6.07, 6.45) is 11.1. The third-order valence-corrected chi connectivity index (χ3v) is 20.2. The lowest BCUT2D eigenvalue weighted by Crippen LogP contribution is -2.48. The summed E-state index contributed by atoms with van der Waals surface area (Å²) in [5.74, 6) is -2.39. The zero-order chi connectivity index (χ0) is 100. The molecule has 37 nitrogen and oxygen atoms in total. The molecule has 133 heavy (non-hydrogen) atoms. The van der Waals surface area contributed by atoms with Crippen molar-refractivity contribution in [3.05, 3.63) is 40.7 Å².